The maximum atomic E-state index is 11.8. The molecule has 0 saturated carbocycles. The molecular weight excluding hydrogens is 306 g/mol. The standard InChI is InChI=1S/C19H23NO2S/c1-15-7-9-18(10-8-15)22-11-4-12-23-14-19(21)20-17-6-3-5-16(2)13-17/h3,5-10,13H,4,11-12,14H2,1-2H3,(H,20,21). The minimum atomic E-state index is 0.0417. The summed E-state index contributed by atoms with van der Waals surface area (Å²) in [5.74, 6) is 2.32. The van der Waals surface area contributed by atoms with Gasteiger partial charge in [0.05, 0.1) is 12.4 Å². The van der Waals surface area contributed by atoms with Gasteiger partial charge in [0, 0.05) is 5.69 Å². The van der Waals surface area contributed by atoms with Gasteiger partial charge in [-0.05, 0) is 55.9 Å². The molecule has 0 saturated heterocycles. The Morgan fingerprint density at radius 3 is 2.61 bits per heavy atom. The van der Waals surface area contributed by atoms with Crippen LogP contribution in [0.4, 0.5) is 5.69 Å². The molecule has 0 aliphatic heterocycles. The number of nitrogens with one attached hydrogen (secondary N) is 1. The second-order valence-electron chi connectivity index (χ2n) is 5.49. The van der Waals surface area contributed by atoms with Crippen LogP contribution in [0.25, 0.3) is 0 Å². The summed E-state index contributed by atoms with van der Waals surface area (Å²) in [7, 11) is 0. The summed E-state index contributed by atoms with van der Waals surface area (Å²) < 4.78 is 5.66. The van der Waals surface area contributed by atoms with Gasteiger partial charge in [-0.3, -0.25) is 4.79 Å². The topological polar surface area (TPSA) is 38.3 Å². The molecule has 0 bridgehead atoms. The van der Waals surface area contributed by atoms with Gasteiger partial charge in [0.15, 0.2) is 0 Å². The molecule has 0 spiro atoms. The van der Waals surface area contributed by atoms with E-state index in [1.165, 1.54) is 5.56 Å². The highest BCUT2D eigenvalue weighted by Gasteiger charge is 2.02. The van der Waals surface area contributed by atoms with Crippen molar-refractivity contribution in [1.29, 1.82) is 0 Å². The first-order chi connectivity index (χ1) is 11.1. The van der Waals surface area contributed by atoms with Crippen molar-refractivity contribution < 1.29 is 9.53 Å². The highest BCUT2D eigenvalue weighted by atomic mass is 32.2. The van der Waals surface area contributed by atoms with Gasteiger partial charge < -0.3 is 10.1 Å². The molecule has 0 unspecified atom stereocenters. The van der Waals surface area contributed by atoms with Crippen molar-refractivity contribution in [2.75, 3.05) is 23.4 Å². The molecule has 2 aromatic rings. The maximum Gasteiger partial charge on any atom is 0.234 e. The average Bonchev–Trinajstić information content (AvgIpc) is 2.52. The smallest absolute Gasteiger partial charge is 0.234 e. The Balaban J connectivity index is 1.56. The molecule has 4 heteroatoms. The van der Waals surface area contributed by atoms with Gasteiger partial charge in [-0.15, -0.1) is 0 Å². The third-order valence-electron chi connectivity index (χ3n) is 3.26. The highest BCUT2D eigenvalue weighted by molar-refractivity contribution is 7.99. The minimum absolute atomic E-state index is 0.0417. The quantitative estimate of drug-likeness (QED) is 0.727. The Morgan fingerprint density at radius 2 is 1.87 bits per heavy atom. The lowest BCUT2D eigenvalue weighted by molar-refractivity contribution is -0.113. The Bertz CT molecular complexity index is 626. The fourth-order valence-corrected chi connectivity index (χ4v) is 2.79. The lowest BCUT2D eigenvalue weighted by Crippen LogP contribution is -2.14. The van der Waals surface area contributed by atoms with Crippen molar-refractivity contribution in [3.05, 3.63) is 59.7 Å². The van der Waals surface area contributed by atoms with Gasteiger partial charge in [-0.1, -0.05) is 29.8 Å². The molecule has 0 aromatic heterocycles. The van der Waals surface area contributed by atoms with Gasteiger partial charge in [0.1, 0.15) is 5.75 Å². The van der Waals surface area contributed by atoms with Crippen molar-refractivity contribution in [3.8, 4) is 5.75 Å². The highest BCUT2D eigenvalue weighted by Crippen LogP contribution is 2.13. The van der Waals surface area contributed by atoms with Crippen LogP contribution in [0.15, 0.2) is 48.5 Å². The largest absolute Gasteiger partial charge is 0.494 e. The summed E-state index contributed by atoms with van der Waals surface area (Å²) in [6.07, 6.45) is 0.927. The summed E-state index contributed by atoms with van der Waals surface area (Å²) >= 11 is 1.63. The predicted octanol–water partition coefficient (Wildman–Crippen LogP) is 4.44. The molecule has 0 aliphatic carbocycles. The molecule has 1 amide bonds. The number of hydrogen-bond donors (Lipinski definition) is 1. The molecule has 0 atom stereocenters. The molecule has 0 heterocycles. The zero-order chi connectivity index (χ0) is 16.5. The molecule has 2 rings (SSSR count). The molecule has 0 aliphatic rings. The number of aryl methyl sites for hydroxylation is 2. The number of ether oxygens (including phenoxy) is 1. The summed E-state index contributed by atoms with van der Waals surface area (Å²) in [5, 5.41) is 2.91. The van der Waals surface area contributed by atoms with Crippen LogP contribution in [0.5, 0.6) is 5.75 Å². The van der Waals surface area contributed by atoms with Gasteiger partial charge in [-0.25, -0.2) is 0 Å². The third kappa shape index (κ3) is 6.78. The molecule has 122 valence electrons. The van der Waals surface area contributed by atoms with Crippen LogP contribution in [0.2, 0.25) is 0 Å². The number of thioether (sulfide) groups is 1. The molecule has 0 fully saturated rings. The number of carbonyl (C=O) groups excluding carboxylic acids is 1. The second-order valence-corrected chi connectivity index (χ2v) is 6.59. The summed E-state index contributed by atoms with van der Waals surface area (Å²) in [4.78, 5) is 11.8. The minimum Gasteiger partial charge on any atom is -0.494 e. The SMILES string of the molecule is Cc1ccc(OCCCSCC(=O)Nc2cccc(C)c2)cc1. The van der Waals surface area contributed by atoms with E-state index >= 15 is 0 Å². The van der Waals surface area contributed by atoms with E-state index < -0.39 is 0 Å². The Labute approximate surface area is 142 Å². The molecule has 3 nitrogen and oxygen atoms in total. The van der Waals surface area contributed by atoms with Gasteiger partial charge in [-0.2, -0.15) is 11.8 Å². The van der Waals surface area contributed by atoms with E-state index in [0.29, 0.717) is 12.4 Å². The number of amides is 1. The van der Waals surface area contributed by atoms with Gasteiger partial charge in [0.2, 0.25) is 5.91 Å². The van der Waals surface area contributed by atoms with Crippen LogP contribution in [0, 0.1) is 13.8 Å². The first-order valence-corrected chi connectivity index (χ1v) is 8.93. The van der Waals surface area contributed by atoms with E-state index in [1.807, 2.05) is 55.5 Å². The second kappa shape index (κ2) is 9.26. The molecular formula is C19H23NO2S. The van der Waals surface area contributed by atoms with Crippen LogP contribution in [-0.4, -0.2) is 24.0 Å². The van der Waals surface area contributed by atoms with Crippen LogP contribution in [0.1, 0.15) is 17.5 Å². The molecule has 1 N–H and O–H groups in total. The number of rotatable bonds is 8. The summed E-state index contributed by atoms with van der Waals surface area (Å²) in [5.41, 5.74) is 3.23. The van der Waals surface area contributed by atoms with Crippen LogP contribution in [-0.2, 0) is 4.79 Å². The van der Waals surface area contributed by atoms with E-state index in [1.54, 1.807) is 11.8 Å². The summed E-state index contributed by atoms with van der Waals surface area (Å²) in [6.45, 7) is 4.75. The van der Waals surface area contributed by atoms with Crippen LogP contribution >= 0.6 is 11.8 Å². The lowest BCUT2D eigenvalue weighted by atomic mass is 10.2. The first-order valence-electron chi connectivity index (χ1n) is 7.77. The van der Waals surface area contributed by atoms with E-state index in [0.717, 1.165) is 29.2 Å². The van der Waals surface area contributed by atoms with Gasteiger partial charge in [0.25, 0.3) is 0 Å². The zero-order valence-corrected chi connectivity index (χ0v) is 14.5. The molecule has 0 radical (unpaired) electrons. The Hall–Kier alpha value is -1.94. The number of carbonyl (C=O) groups is 1. The van der Waals surface area contributed by atoms with Gasteiger partial charge >= 0.3 is 0 Å². The van der Waals surface area contributed by atoms with Crippen LogP contribution in [0.3, 0.4) is 0 Å². The van der Waals surface area contributed by atoms with Crippen molar-refractivity contribution in [2.24, 2.45) is 0 Å². The van der Waals surface area contributed by atoms with E-state index in [-0.39, 0.29) is 5.91 Å². The normalized spacial score (nSPS) is 10.3. The third-order valence-corrected chi connectivity index (χ3v) is 4.30. The van der Waals surface area contributed by atoms with Crippen LogP contribution < -0.4 is 10.1 Å². The monoisotopic (exact) mass is 329 g/mol. The zero-order valence-electron chi connectivity index (χ0n) is 13.7. The van der Waals surface area contributed by atoms with E-state index in [9.17, 15) is 4.79 Å². The molecule has 2 aromatic carbocycles. The Kier molecular flexibility index (Phi) is 7.01. The maximum absolute atomic E-state index is 11.8. The molecule has 23 heavy (non-hydrogen) atoms. The fraction of sp³-hybridized carbons (Fsp3) is 0.316. The number of hydrogen-bond acceptors (Lipinski definition) is 3. The Morgan fingerprint density at radius 1 is 1.09 bits per heavy atom. The van der Waals surface area contributed by atoms with Crippen molar-refractivity contribution >= 4 is 23.4 Å². The van der Waals surface area contributed by atoms with E-state index in [4.69, 9.17) is 4.74 Å². The average molecular weight is 329 g/mol. The lowest BCUT2D eigenvalue weighted by Gasteiger charge is -2.07. The van der Waals surface area contributed by atoms with Crippen molar-refractivity contribution in [2.45, 2.75) is 20.3 Å². The number of benzene rings is 2. The van der Waals surface area contributed by atoms with E-state index in [2.05, 4.69) is 12.2 Å². The number of anilines is 1. The predicted molar refractivity (Wildman–Crippen MR) is 98.4 cm³/mol. The van der Waals surface area contributed by atoms with Crippen molar-refractivity contribution in [1.82, 2.24) is 0 Å². The fourth-order valence-electron chi connectivity index (χ4n) is 2.07. The first kappa shape index (κ1) is 17.4. The van der Waals surface area contributed by atoms with Crippen molar-refractivity contribution in [3.63, 3.8) is 0 Å². The summed E-state index contributed by atoms with van der Waals surface area (Å²) in [6, 6.07) is 15.9.